The van der Waals surface area contributed by atoms with E-state index in [2.05, 4.69) is 15.3 Å². The van der Waals surface area contributed by atoms with Gasteiger partial charge in [0.05, 0.1) is 25.9 Å². The largest absolute Gasteiger partial charge is 0.320 e. The van der Waals surface area contributed by atoms with Crippen molar-refractivity contribution in [2.24, 2.45) is 0 Å². The minimum atomic E-state index is -0.180. The van der Waals surface area contributed by atoms with Crippen molar-refractivity contribution in [3.8, 4) is 0 Å². The fourth-order valence-corrected chi connectivity index (χ4v) is 3.66. The first-order chi connectivity index (χ1) is 10.3. The predicted octanol–water partition coefficient (Wildman–Crippen LogP) is 4.16. The van der Waals surface area contributed by atoms with E-state index in [9.17, 15) is 4.79 Å². The van der Waals surface area contributed by atoms with Crippen molar-refractivity contribution in [1.82, 2.24) is 9.97 Å². The van der Waals surface area contributed by atoms with Gasteiger partial charge in [0.25, 0.3) is 5.91 Å². The zero-order valence-corrected chi connectivity index (χ0v) is 12.4. The van der Waals surface area contributed by atoms with E-state index in [0.29, 0.717) is 5.01 Å². The smallest absolute Gasteiger partial charge is 0.284 e. The minimum Gasteiger partial charge on any atom is -0.320 e. The summed E-state index contributed by atoms with van der Waals surface area (Å²) in [5.74, 6) is -0.180. The van der Waals surface area contributed by atoms with E-state index in [1.807, 2.05) is 42.5 Å². The number of nitrogens with zero attached hydrogens (tertiary/aromatic N) is 2. The van der Waals surface area contributed by atoms with Gasteiger partial charge in [0.2, 0.25) is 0 Å². The normalized spacial score (nSPS) is 11.0. The van der Waals surface area contributed by atoms with Gasteiger partial charge in [-0.15, -0.1) is 22.7 Å². The Balaban J connectivity index is 1.64. The first kappa shape index (κ1) is 12.4. The zero-order chi connectivity index (χ0) is 14.2. The molecule has 0 bridgehead atoms. The number of fused-ring (bicyclic) bond motifs is 2. The number of nitrogens with one attached hydrogen (secondary N) is 1. The number of benzene rings is 2. The Morgan fingerprint density at radius 2 is 1.95 bits per heavy atom. The summed E-state index contributed by atoms with van der Waals surface area (Å²) in [6, 6.07) is 13.4. The van der Waals surface area contributed by atoms with Gasteiger partial charge in [-0.1, -0.05) is 12.1 Å². The molecule has 0 atom stereocenters. The quantitative estimate of drug-likeness (QED) is 0.605. The van der Waals surface area contributed by atoms with Crippen LogP contribution in [-0.4, -0.2) is 15.9 Å². The third-order valence-corrected chi connectivity index (χ3v) is 4.90. The van der Waals surface area contributed by atoms with Crippen LogP contribution in [0.15, 0.2) is 48.0 Å². The van der Waals surface area contributed by atoms with Gasteiger partial charge >= 0.3 is 0 Å². The Hall–Kier alpha value is -2.31. The molecule has 0 aliphatic carbocycles. The summed E-state index contributed by atoms with van der Waals surface area (Å²) in [7, 11) is 0. The molecule has 0 aliphatic heterocycles. The number of para-hydroxylation sites is 1. The van der Waals surface area contributed by atoms with Crippen LogP contribution in [-0.2, 0) is 0 Å². The van der Waals surface area contributed by atoms with Crippen LogP contribution in [0.1, 0.15) is 9.80 Å². The summed E-state index contributed by atoms with van der Waals surface area (Å²) in [5.41, 5.74) is 4.35. The molecule has 21 heavy (non-hydrogen) atoms. The van der Waals surface area contributed by atoms with Crippen molar-refractivity contribution in [3.63, 3.8) is 0 Å². The molecule has 0 saturated heterocycles. The van der Waals surface area contributed by atoms with E-state index in [1.54, 1.807) is 16.8 Å². The van der Waals surface area contributed by atoms with Gasteiger partial charge < -0.3 is 5.32 Å². The molecule has 2 heterocycles. The lowest BCUT2D eigenvalue weighted by molar-refractivity contribution is 0.102. The number of anilines is 1. The van der Waals surface area contributed by atoms with Crippen LogP contribution >= 0.6 is 22.7 Å². The Bertz CT molecular complexity index is 925. The molecule has 0 fully saturated rings. The lowest BCUT2D eigenvalue weighted by Crippen LogP contribution is -2.11. The molecule has 6 heteroatoms. The summed E-state index contributed by atoms with van der Waals surface area (Å²) in [6.07, 6.45) is 0. The first-order valence-electron chi connectivity index (χ1n) is 6.30. The van der Waals surface area contributed by atoms with Gasteiger partial charge in [-0.05, 0) is 30.3 Å². The molecule has 0 aliphatic rings. The Morgan fingerprint density at radius 1 is 1.05 bits per heavy atom. The second-order valence-corrected chi connectivity index (χ2v) is 6.39. The maximum Gasteiger partial charge on any atom is 0.284 e. The monoisotopic (exact) mass is 311 g/mol. The van der Waals surface area contributed by atoms with Crippen LogP contribution in [0.3, 0.4) is 0 Å². The van der Waals surface area contributed by atoms with Crippen molar-refractivity contribution in [2.45, 2.75) is 0 Å². The van der Waals surface area contributed by atoms with Gasteiger partial charge in [0.1, 0.15) is 0 Å². The third kappa shape index (κ3) is 2.28. The summed E-state index contributed by atoms with van der Waals surface area (Å²) in [5, 5.41) is 3.36. The van der Waals surface area contributed by atoms with Crippen molar-refractivity contribution in [2.75, 3.05) is 5.32 Å². The molecular weight excluding hydrogens is 302 g/mol. The lowest BCUT2D eigenvalue weighted by atomic mass is 10.3. The number of amides is 1. The number of thiazole rings is 2. The fraction of sp³-hybridized carbons (Fsp3) is 0. The van der Waals surface area contributed by atoms with Crippen LogP contribution in [0.25, 0.3) is 20.4 Å². The number of hydrogen-bond donors (Lipinski definition) is 1. The summed E-state index contributed by atoms with van der Waals surface area (Å²) >= 11 is 2.95. The van der Waals surface area contributed by atoms with E-state index in [-0.39, 0.29) is 5.91 Å². The average molecular weight is 311 g/mol. The van der Waals surface area contributed by atoms with Crippen molar-refractivity contribution < 1.29 is 4.79 Å². The molecule has 0 saturated carbocycles. The fourth-order valence-electron chi connectivity index (χ4n) is 2.09. The minimum absolute atomic E-state index is 0.180. The summed E-state index contributed by atoms with van der Waals surface area (Å²) in [4.78, 5) is 20.9. The van der Waals surface area contributed by atoms with E-state index in [1.165, 1.54) is 11.3 Å². The molecule has 4 nitrogen and oxygen atoms in total. The van der Waals surface area contributed by atoms with Crippen molar-refractivity contribution in [3.05, 3.63) is 53.0 Å². The third-order valence-electron chi connectivity index (χ3n) is 3.08. The topological polar surface area (TPSA) is 54.9 Å². The molecule has 4 rings (SSSR count). The highest BCUT2D eigenvalue weighted by molar-refractivity contribution is 7.20. The van der Waals surface area contributed by atoms with Gasteiger partial charge in [-0.3, -0.25) is 4.79 Å². The van der Waals surface area contributed by atoms with Crippen LogP contribution in [0.4, 0.5) is 5.69 Å². The molecule has 0 spiro atoms. The highest BCUT2D eigenvalue weighted by Gasteiger charge is 2.12. The number of aromatic nitrogens is 2. The number of hydrogen-bond acceptors (Lipinski definition) is 5. The van der Waals surface area contributed by atoms with Crippen molar-refractivity contribution in [1.29, 1.82) is 0 Å². The van der Waals surface area contributed by atoms with Crippen molar-refractivity contribution >= 4 is 54.7 Å². The van der Waals surface area contributed by atoms with E-state index >= 15 is 0 Å². The molecule has 2 aromatic carbocycles. The molecule has 1 amide bonds. The first-order valence-corrected chi connectivity index (χ1v) is 7.99. The maximum absolute atomic E-state index is 12.3. The highest BCUT2D eigenvalue weighted by Crippen LogP contribution is 2.24. The number of carbonyl (C=O) groups excluding carboxylic acids is 1. The summed E-state index contributed by atoms with van der Waals surface area (Å²) in [6.45, 7) is 0. The lowest BCUT2D eigenvalue weighted by Gasteiger charge is -2.02. The molecule has 0 radical (unpaired) electrons. The number of carbonyl (C=O) groups is 1. The second kappa shape index (κ2) is 4.91. The molecule has 2 aromatic heterocycles. The van der Waals surface area contributed by atoms with Crippen LogP contribution in [0.2, 0.25) is 0 Å². The van der Waals surface area contributed by atoms with Gasteiger partial charge in [0, 0.05) is 5.69 Å². The molecule has 4 aromatic rings. The SMILES string of the molecule is O=C(Nc1ccc2ncsc2c1)c1nc2ccccc2s1. The Morgan fingerprint density at radius 3 is 2.86 bits per heavy atom. The molecule has 0 unspecified atom stereocenters. The van der Waals surface area contributed by atoms with Gasteiger partial charge in [-0.2, -0.15) is 0 Å². The number of rotatable bonds is 2. The second-order valence-electron chi connectivity index (χ2n) is 4.48. The Kier molecular flexibility index (Phi) is 2.90. The maximum atomic E-state index is 12.3. The predicted molar refractivity (Wildman–Crippen MR) is 87.2 cm³/mol. The van der Waals surface area contributed by atoms with Gasteiger partial charge in [0.15, 0.2) is 5.01 Å². The molecular formula is C15H9N3OS2. The zero-order valence-electron chi connectivity index (χ0n) is 10.7. The van der Waals surface area contributed by atoms with E-state index in [0.717, 1.165) is 26.1 Å². The highest BCUT2D eigenvalue weighted by atomic mass is 32.1. The van der Waals surface area contributed by atoms with Crippen LogP contribution in [0.5, 0.6) is 0 Å². The Labute approximate surface area is 128 Å². The van der Waals surface area contributed by atoms with Crippen LogP contribution in [0, 0.1) is 0 Å². The molecule has 1 N–H and O–H groups in total. The standard InChI is InChI=1S/C15H9N3OS2/c19-14(15-18-11-3-1-2-4-12(11)21-15)17-9-5-6-10-13(7-9)20-8-16-10/h1-8H,(H,17,19). The molecule has 102 valence electrons. The average Bonchev–Trinajstić information content (AvgIpc) is 3.13. The summed E-state index contributed by atoms with van der Waals surface area (Å²) < 4.78 is 2.07. The van der Waals surface area contributed by atoms with E-state index in [4.69, 9.17) is 0 Å². The van der Waals surface area contributed by atoms with Gasteiger partial charge in [-0.25, -0.2) is 9.97 Å². The van der Waals surface area contributed by atoms with E-state index < -0.39 is 0 Å². The van der Waals surface area contributed by atoms with Crippen LogP contribution < -0.4 is 5.32 Å².